The summed E-state index contributed by atoms with van der Waals surface area (Å²) in [5.41, 5.74) is -0.372. The first kappa shape index (κ1) is 15.6. The normalized spacial score (nSPS) is 16.5. The third kappa shape index (κ3) is 4.34. The number of halogens is 3. The molecular formula is C14H16F3N3O. The van der Waals surface area contributed by atoms with Crippen LogP contribution in [0.25, 0.3) is 0 Å². The molecule has 0 bridgehead atoms. The van der Waals surface area contributed by atoms with Gasteiger partial charge in [0.1, 0.15) is 6.07 Å². The summed E-state index contributed by atoms with van der Waals surface area (Å²) in [5, 5.41) is 12.0. The van der Waals surface area contributed by atoms with Crippen LogP contribution >= 0.6 is 0 Å². The molecule has 1 heterocycles. The van der Waals surface area contributed by atoms with Gasteiger partial charge in [-0.1, -0.05) is 0 Å². The fourth-order valence-electron chi connectivity index (χ4n) is 2.14. The number of alkyl halides is 3. The molecule has 1 N–H and O–H groups in total. The van der Waals surface area contributed by atoms with Crippen LogP contribution in [0, 0.1) is 11.3 Å². The van der Waals surface area contributed by atoms with Crippen LogP contribution in [-0.4, -0.2) is 44.3 Å². The van der Waals surface area contributed by atoms with E-state index in [2.05, 4.69) is 10.2 Å². The van der Waals surface area contributed by atoms with Crippen molar-refractivity contribution in [3.63, 3.8) is 0 Å². The van der Waals surface area contributed by atoms with Crippen molar-refractivity contribution >= 4 is 5.69 Å². The summed E-state index contributed by atoms with van der Waals surface area (Å²) in [6.45, 7) is 4.42. The lowest BCUT2D eigenvalue weighted by Gasteiger charge is -2.26. The third-order valence-corrected chi connectivity index (χ3v) is 3.31. The van der Waals surface area contributed by atoms with Crippen LogP contribution in [0.4, 0.5) is 18.9 Å². The Labute approximate surface area is 121 Å². The molecule has 7 heteroatoms. The lowest BCUT2D eigenvalue weighted by molar-refractivity contribution is -0.137. The van der Waals surface area contributed by atoms with Crippen molar-refractivity contribution in [2.45, 2.75) is 6.18 Å². The first-order valence-electron chi connectivity index (χ1n) is 6.66. The van der Waals surface area contributed by atoms with E-state index in [0.29, 0.717) is 25.4 Å². The Morgan fingerprint density at radius 3 is 2.62 bits per heavy atom. The molecule has 0 saturated carbocycles. The van der Waals surface area contributed by atoms with E-state index in [1.165, 1.54) is 6.07 Å². The van der Waals surface area contributed by atoms with Crippen molar-refractivity contribution in [2.24, 2.45) is 0 Å². The number of rotatable bonds is 4. The van der Waals surface area contributed by atoms with Gasteiger partial charge >= 0.3 is 6.18 Å². The van der Waals surface area contributed by atoms with Gasteiger partial charge in [-0.15, -0.1) is 0 Å². The fraction of sp³-hybridized carbons (Fsp3) is 0.500. The maximum atomic E-state index is 12.6. The van der Waals surface area contributed by atoms with Crippen LogP contribution in [0.15, 0.2) is 18.2 Å². The van der Waals surface area contributed by atoms with E-state index in [4.69, 9.17) is 10.00 Å². The number of nitriles is 1. The molecule has 1 aliphatic heterocycles. The number of anilines is 1. The number of morpholine rings is 1. The lowest BCUT2D eigenvalue weighted by Crippen LogP contribution is -2.39. The number of benzene rings is 1. The topological polar surface area (TPSA) is 48.3 Å². The van der Waals surface area contributed by atoms with Crippen LogP contribution in [0.2, 0.25) is 0 Å². The molecule has 0 aromatic heterocycles. The summed E-state index contributed by atoms with van der Waals surface area (Å²) in [7, 11) is 0. The van der Waals surface area contributed by atoms with E-state index < -0.39 is 11.7 Å². The molecule has 1 saturated heterocycles. The van der Waals surface area contributed by atoms with Gasteiger partial charge in [-0.2, -0.15) is 18.4 Å². The van der Waals surface area contributed by atoms with Gasteiger partial charge in [0, 0.05) is 26.2 Å². The zero-order valence-corrected chi connectivity index (χ0v) is 11.4. The largest absolute Gasteiger partial charge is 0.416 e. The van der Waals surface area contributed by atoms with Gasteiger partial charge in [0.15, 0.2) is 0 Å². The fourth-order valence-corrected chi connectivity index (χ4v) is 2.14. The zero-order chi connectivity index (χ0) is 15.3. The molecule has 0 aliphatic carbocycles. The van der Waals surface area contributed by atoms with Crippen LogP contribution in [0.5, 0.6) is 0 Å². The molecule has 1 aliphatic rings. The summed E-state index contributed by atoms with van der Waals surface area (Å²) >= 11 is 0. The van der Waals surface area contributed by atoms with E-state index in [-0.39, 0.29) is 5.56 Å². The van der Waals surface area contributed by atoms with E-state index in [1.807, 2.05) is 0 Å². The molecule has 1 aromatic carbocycles. The lowest BCUT2D eigenvalue weighted by atomic mass is 10.1. The molecule has 0 radical (unpaired) electrons. The SMILES string of the molecule is N#Cc1cc(C(F)(F)F)ccc1NCCN1CCOCC1. The predicted molar refractivity (Wildman–Crippen MR) is 71.9 cm³/mol. The molecule has 114 valence electrons. The van der Waals surface area contributed by atoms with Crippen LogP contribution in [0.1, 0.15) is 11.1 Å². The molecule has 2 rings (SSSR count). The molecule has 21 heavy (non-hydrogen) atoms. The van der Waals surface area contributed by atoms with Gasteiger partial charge in [0.05, 0.1) is 30.0 Å². The number of hydrogen-bond donors (Lipinski definition) is 1. The van der Waals surface area contributed by atoms with E-state index in [9.17, 15) is 13.2 Å². The summed E-state index contributed by atoms with van der Waals surface area (Å²) in [4.78, 5) is 2.20. The van der Waals surface area contributed by atoms with Gasteiger partial charge in [-0.3, -0.25) is 4.90 Å². The molecule has 0 spiro atoms. The molecule has 0 unspecified atom stereocenters. The maximum Gasteiger partial charge on any atom is 0.416 e. The van der Waals surface area contributed by atoms with Gasteiger partial charge in [-0.25, -0.2) is 0 Å². The summed E-state index contributed by atoms with van der Waals surface area (Å²) in [5.74, 6) is 0. The Morgan fingerprint density at radius 2 is 2.00 bits per heavy atom. The van der Waals surface area contributed by atoms with Gasteiger partial charge in [0.2, 0.25) is 0 Å². The van der Waals surface area contributed by atoms with Crippen molar-refractivity contribution in [3.8, 4) is 6.07 Å². The van der Waals surface area contributed by atoms with Crippen molar-refractivity contribution < 1.29 is 17.9 Å². The monoisotopic (exact) mass is 299 g/mol. The minimum atomic E-state index is -4.43. The highest BCUT2D eigenvalue weighted by atomic mass is 19.4. The van der Waals surface area contributed by atoms with Gasteiger partial charge in [0.25, 0.3) is 0 Å². The molecule has 0 amide bonds. The first-order valence-corrected chi connectivity index (χ1v) is 6.66. The highest BCUT2D eigenvalue weighted by molar-refractivity contribution is 5.59. The Kier molecular flexibility index (Phi) is 5.04. The number of nitrogens with zero attached hydrogens (tertiary/aromatic N) is 2. The van der Waals surface area contributed by atoms with Crippen LogP contribution in [0.3, 0.4) is 0 Å². The highest BCUT2D eigenvalue weighted by Crippen LogP contribution is 2.31. The second kappa shape index (κ2) is 6.78. The maximum absolute atomic E-state index is 12.6. The molecule has 4 nitrogen and oxygen atoms in total. The summed E-state index contributed by atoms with van der Waals surface area (Å²) < 4.78 is 43.0. The van der Waals surface area contributed by atoms with Crippen molar-refractivity contribution in [2.75, 3.05) is 44.7 Å². The molecule has 1 aromatic rings. The van der Waals surface area contributed by atoms with Crippen molar-refractivity contribution in [3.05, 3.63) is 29.3 Å². The summed E-state index contributed by atoms with van der Waals surface area (Å²) in [6, 6.07) is 4.96. The Balaban J connectivity index is 1.95. The number of hydrogen-bond acceptors (Lipinski definition) is 4. The average molecular weight is 299 g/mol. The van der Waals surface area contributed by atoms with Crippen molar-refractivity contribution in [1.29, 1.82) is 5.26 Å². The average Bonchev–Trinajstić information content (AvgIpc) is 2.47. The number of ether oxygens (including phenoxy) is 1. The Morgan fingerprint density at radius 1 is 1.29 bits per heavy atom. The highest BCUT2D eigenvalue weighted by Gasteiger charge is 2.31. The Hall–Kier alpha value is -1.78. The van der Waals surface area contributed by atoms with Crippen molar-refractivity contribution in [1.82, 2.24) is 4.90 Å². The number of nitrogens with one attached hydrogen (secondary N) is 1. The van der Waals surface area contributed by atoms with E-state index in [0.717, 1.165) is 31.8 Å². The van der Waals surface area contributed by atoms with Gasteiger partial charge in [-0.05, 0) is 18.2 Å². The smallest absolute Gasteiger partial charge is 0.383 e. The standard InChI is InChI=1S/C14H16F3N3O/c15-14(16,17)12-1-2-13(11(9-12)10-18)19-3-4-20-5-7-21-8-6-20/h1-2,9,19H,3-8H2. The van der Waals surface area contributed by atoms with Crippen LogP contribution < -0.4 is 5.32 Å². The Bertz CT molecular complexity index is 519. The quantitative estimate of drug-likeness (QED) is 0.927. The molecule has 1 fully saturated rings. The predicted octanol–water partition coefficient (Wildman–Crippen LogP) is 2.32. The van der Waals surface area contributed by atoms with Gasteiger partial charge < -0.3 is 10.1 Å². The molecular weight excluding hydrogens is 283 g/mol. The van der Waals surface area contributed by atoms with Crippen LogP contribution in [-0.2, 0) is 10.9 Å². The second-order valence-corrected chi connectivity index (χ2v) is 4.75. The zero-order valence-electron chi connectivity index (χ0n) is 11.4. The third-order valence-electron chi connectivity index (χ3n) is 3.31. The minimum Gasteiger partial charge on any atom is -0.383 e. The second-order valence-electron chi connectivity index (χ2n) is 4.75. The molecule has 0 atom stereocenters. The van der Waals surface area contributed by atoms with E-state index >= 15 is 0 Å². The minimum absolute atomic E-state index is 0.00630. The summed E-state index contributed by atoms with van der Waals surface area (Å²) in [6.07, 6.45) is -4.43. The first-order chi connectivity index (χ1) is 10.0. The van der Waals surface area contributed by atoms with E-state index in [1.54, 1.807) is 6.07 Å².